The van der Waals surface area contributed by atoms with Crippen LogP contribution in [0.4, 0.5) is 17.1 Å². The van der Waals surface area contributed by atoms with Crippen molar-refractivity contribution >= 4 is 40.3 Å². The Bertz CT molecular complexity index is 601. The summed E-state index contributed by atoms with van der Waals surface area (Å²) in [5.74, 6) is 0. The Morgan fingerprint density at radius 3 is 2.11 bits per heavy atom. The van der Waals surface area contributed by atoms with Crippen molar-refractivity contribution in [2.75, 3.05) is 17.7 Å². The highest BCUT2D eigenvalue weighted by atomic mass is 35.5. The molecule has 0 aromatic heterocycles. The van der Waals surface area contributed by atoms with E-state index in [1.54, 1.807) is 12.1 Å². The van der Waals surface area contributed by atoms with Gasteiger partial charge in [-0.15, -0.1) is 0 Å². The van der Waals surface area contributed by atoms with Crippen LogP contribution in [0.1, 0.15) is 11.1 Å². The zero-order valence-electron chi connectivity index (χ0n) is 11.2. The first-order valence-electron chi connectivity index (χ1n) is 5.95. The van der Waals surface area contributed by atoms with Gasteiger partial charge >= 0.3 is 0 Å². The quantitative estimate of drug-likeness (QED) is 0.793. The fourth-order valence-electron chi connectivity index (χ4n) is 2.21. The number of benzene rings is 2. The molecule has 2 aromatic rings. The fraction of sp³-hybridized carbons (Fsp3) is 0.200. The van der Waals surface area contributed by atoms with Crippen molar-refractivity contribution in [2.45, 2.75) is 13.8 Å². The number of aryl methyl sites for hydroxylation is 2. The van der Waals surface area contributed by atoms with E-state index in [-0.39, 0.29) is 0 Å². The lowest BCUT2D eigenvalue weighted by atomic mass is 10.1. The molecule has 0 saturated carbocycles. The maximum absolute atomic E-state index is 6.26. The summed E-state index contributed by atoms with van der Waals surface area (Å²) in [6, 6.07) is 9.68. The Balaban J connectivity index is 2.53. The zero-order valence-corrected chi connectivity index (χ0v) is 12.7. The molecule has 0 bridgehead atoms. The van der Waals surface area contributed by atoms with E-state index in [2.05, 4.69) is 32.0 Å². The Kier molecular flexibility index (Phi) is 3.93. The van der Waals surface area contributed by atoms with Gasteiger partial charge in [0.05, 0.1) is 15.7 Å². The first kappa shape index (κ1) is 14.0. The van der Waals surface area contributed by atoms with E-state index in [1.165, 1.54) is 11.1 Å². The fourth-order valence-corrected chi connectivity index (χ4v) is 2.97. The van der Waals surface area contributed by atoms with E-state index in [1.807, 2.05) is 11.9 Å². The van der Waals surface area contributed by atoms with Gasteiger partial charge in [-0.3, -0.25) is 0 Å². The van der Waals surface area contributed by atoms with E-state index in [4.69, 9.17) is 28.9 Å². The molecule has 0 aliphatic heterocycles. The number of nitrogens with zero attached hydrogens (tertiary/aromatic N) is 1. The van der Waals surface area contributed by atoms with Crippen LogP contribution >= 0.6 is 23.2 Å². The molecular weight excluding hydrogens is 279 g/mol. The molecule has 0 saturated heterocycles. The smallest absolute Gasteiger partial charge is 0.0788 e. The normalized spacial score (nSPS) is 10.6. The van der Waals surface area contributed by atoms with Gasteiger partial charge in [0.1, 0.15) is 0 Å². The van der Waals surface area contributed by atoms with Crippen LogP contribution in [0.2, 0.25) is 10.0 Å². The Morgan fingerprint density at radius 2 is 1.58 bits per heavy atom. The molecule has 0 atom stereocenters. The Hall–Kier alpha value is -1.38. The molecule has 0 fully saturated rings. The van der Waals surface area contributed by atoms with E-state index >= 15 is 0 Å². The molecule has 0 amide bonds. The molecule has 0 unspecified atom stereocenters. The summed E-state index contributed by atoms with van der Waals surface area (Å²) >= 11 is 12.5. The lowest BCUT2D eigenvalue weighted by molar-refractivity contribution is 1.18. The molecule has 0 spiro atoms. The molecule has 2 aromatic carbocycles. The van der Waals surface area contributed by atoms with Gasteiger partial charge < -0.3 is 10.6 Å². The maximum atomic E-state index is 6.26. The van der Waals surface area contributed by atoms with Crippen molar-refractivity contribution in [2.24, 2.45) is 0 Å². The average molecular weight is 295 g/mol. The summed E-state index contributed by atoms with van der Waals surface area (Å²) in [7, 11) is 1.95. The topological polar surface area (TPSA) is 29.3 Å². The van der Waals surface area contributed by atoms with Crippen LogP contribution in [0.25, 0.3) is 0 Å². The first-order chi connectivity index (χ1) is 8.90. The van der Waals surface area contributed by atoms with Gasteiger partial charge in [0, 0.05) is 18.4 Å². The molecule has 100 valence electrons. The standard InChI is InChI=1S/C15H16Cl2N2/c1-9-4-5-14(10(2)6-9)19(3)15-12(16)7-11(18)8-13(15)17/h4-8H,18H2,1-3H3. The van der Waals surface area contributed by atoms with Crippen LogP contribution in [0.15, 0.2) is 30.3 Å². The maximum Gasteiger partial charge on any atom is 0.0788 e. The van der Waals surface area contributed by atoms with Gasteiger partial charge in [-0.2, -0.15) is 0 Å². The summed E-state index contributed by atoms with van der Waals surface area (Å²) in [5.41, 5.74) is 10.5. The molecule has 0 aliphatic rings. The molecule has 0 aliphatic carbocycles. The summed E-state index contributed by atoms with van der Waals surface area (Å²) < 4.78 is 0. The summed E-state index contributed by atoms with van der Waals surface area (Å²) in [5, 5.41) is 1.10. The van der Waals surface area contributed by atoms with Crippen molar-refractivity contribution in [1.82, 2.24) is 0 Å². The Morgan fingerprint density at radius 1 is 1.00 bits per heavy atom. The third kappa shape index (κ3) is 2.80. The van der Waals surface area contributed by atoms with E-state index < -0.39 is 0 Å². The SMILES string of the molecule is Cc1ccc(N(C)c2c(Cl)cc(N)cc2Cl)c(C)c1. The minimum absolute atomic E-state index is 0.549. The lowest BCUT2D eigenvalue weighted by Crippen LogP contribution is -2.12. The number of halogens is 2. The molecule has 2 rings (SSSR count). The predicted molar refractivity (Wildman–Crippen MR) is 84.9 cm³/mol. The zero-order chi connectivity index (χ0) is 14.2. The largest absolute Gasteiger partial charge is 0.399 e. The van der Waals surface area contributed by atoms with Gasteiger partial charge in [0.2, 0.25) is 0 Å². The summed E-state index contributed by atoms with van der Waals surface area (Å²) in [6.45, 7) is 4.14. The minimum Gasteiger partial charge on any atom is -0.399 e. The predicted octanol–water partition coefficient (Wildman–Crippen LogP) is 4.96. The van der Waals surface area contributed by atoms with Crippen LogP contribution < -0.4 is 10.6 Å². The van der Waals surface area contributed by atoms with Gasteiger partial charge in [-0.25, -0.2) is 0 Å². The monoisotopic (exact) mass is 294 g/mol. The molecule has 2 N–H and O–H groups in total. The van der Waals surface area contributed by atoms with Crippen molar-refractivity contribution in [3.8, 4) is 0 Å². The van der Waals surface area contributed by atoms with E-state index in [9.17, 15) is 0 Å². The Labute approximate surface area is 123 Å². The van der Waals surface area contributed by atoms with Crippen molar-refractivity contribution in [3.63, 3.8) is 0 Å². The highest BCUT2D eigenvalue weighted by Gasteiger charge is 2.15. The first-order valence-corrected chi connectivity index (χ1v) is 6.71. The number of nitrogens with two attached hydrogens (primary N) is 1. The number of hydrogen-bond acceptors (Lipinski definition) is 2. The third-order valence-electron chi connectivity index (χ3n) is 3.09. The lowest BCUT2D eigenvalue weighted by Gasteiger charge is -2.24. The van der Waals surface area contributed by atoms with Crippen LogP contribution in [0.5, 0.6) is 0 Å². The number of rotatable bonds is 2. The molecular formula is C15H16Cl2N2. The number of hydrogen-bond donors (Lipinski definition) is 1. The number of nitrogen functional groups attached to an aromatic ring is 1. The summed E-state index contributed by atoms with van der Waals surface area (Å²) in [6.07, 6.45) is 0. The molecule has 4 heteroatoms. The van der Waals surface area contributed by atoms with Gasteiger partial charge in [0.15, 0.2) is 0 Å². The van der Waals surface area contributed by atoms with Gasteiger partial charge in [-0.05, 0) is 37.6 Å². The molecule has 0 heterocycles. The number of anilines is 3. The highest BCUT2D eigenvalue weighted by Crippen LogP contribution is 2.39. The molecule has 2 nitrogen and oxygen atoms in total. The summed E-state index contributed by atoms with van der Waals surface area (Å²) in [4.78, 5) is 1.98. The van der Waals surface area contributed by atoms with Crippen molar-refractivity contribution < 1.29 is 0 Å². The van der Waals surface area contributed by atoms with Crippen LogP contribution in [0.3, 0.4) is 0 Å². The second-order valence-electron chi connectivity index (χ2n) is 4.68. The highest BCUT2D eigenvalue weighted by molar-refractivity contribution is 6.39. The van der Waals surface area contributed by atoms with Crippen LogP contribution in [-0.4, -0.2) is 7.05 Å². The molecule has 0 radical (unpaired) electrons. The van der Waals surface area contributed by atoms with Crippen molar-refractivity contribution in [1.29, 1.82) is 0 Å². The molecule has 19 heavy (non-hydrogen) atoms. The van der Waals surface area contributed by atoms with Crippen LogP contribution in [-0.2, 0) is 0 Å². The van der Waals surface area contributed by atoms with Crippen molar-refractivity contribution in [3.05, 3.63) is 51.5 Å². The van der Waals surface area contributed by atoms with Crippen LogP contribution in [0, 0.1) is 13.8 Å². The van der Waals surface area contributed by atoms with Gasteiger partial charge in [0.25, 0.3) is 0 Å². The average Bonchev–Trinajstić information content (AvgIpc) is 2.26. The third-order valence-corrected chi connectivity index (χ3v) is 3.66. The minimum atomic E-state index is 0.549. The van der Waals surface area contributed by atoms with E-state index in [0.29, 0.717) is 15.7 Å². The van der Waals surface area contributed by atoms with Gasteiger partial charge in [-0.1, -0.05) is 40.9 Å². The second kappa shape index (κ2) is 5.32. The second-order valence-corrected chi connectivity index (χ2v) is 5.50. The van der Waals surface area contributed by atoms with E-state index in [0.717, 1.165) is 11.4 Å².